The number of anilines is 1. The number of nitrogens with zero attached hydrogens (tertiary/aromatic N) is 2. The summed E-state index contributed by atoms with van der Waals surface area (Å²) in [7, 11) is 0. The summed E-state index contributed by atoms with van der Waals surface area (Å²) in [4.78, 5) is 17.1. The lowest BCUT2D eigenvalue weighted by molar-refractivity contribution is -0.140. The van der Waals surface area contributed by atoms with Gasteiger partial charge in [0.15, 0.2) is 0 Å². The van der Waals surface area contributed by atoms with Crippen LogP contribution in [0.25, 0.3) is 11.0 Å². The molecule has 33 heavy (non-hydrogen) atoms. The molecule has 176 valence electrons. The van der Waals surface area contributed by atoms with Crippen LogP contribution in [0.1, 0.15) is 50.0 Å². The molecule has 1 aromatic heterocycles. The van der Waals surface area contributed by atoms with E-state index in [2.05, 4.69) is 12.2 Å². The number of fused-ring (bicyclic) bond motifs is 3. The summed E-state index contributed by atoms with van der Waals surface area (Å²) in [5.74, 6) is -4.12. The van der Waals surface area contributed by atoms with Gasteiger partial charge in [0.25, 0.3) is 5.92 Å². The Balaban J connectivity index is 1.62. The monoisotopic (exact) mass is 457 g/mol. The van der Waals surface area contributed by atoms with Gasteiger partial charge < -0.3 is 19.7 Å². The molecule has 5 rings (SSSR count). The first-order chi connectivity index (χ1) is 15.8. The number of ether oxygens (including phenoxy) is 1. The molecule has 2 aliphatic heterocycles. The quantitative estimate of drug-likeness (QED) is 0.668. The van der Waals surface area contributed by atoms with Crippen molar-refractivity contribution >= 4 is 22.7 Å². The van der Waals surface area contributed by atoms with Crippen LogP contribution in [-0.2, 0) is 22.4 Å². The number of carboxylic acids is 1. The van der Waals surface area contributed by atoms with Crippen molar-refractivity contribution in [3.8, 4) is 0 Å². The van der Waals surface area contributed by atoms with Crippen molar-refractivity contribution in [2.24, 2.45) is 5.92 Å². The topological polar surface area (TPSA) is 76.4 Å². The molecule has 3 unspecified atom stereocenters. The molecule has 3 atom stereocenters. The Kier molecular flexibility index (Phi) is 5.72. The predicted molar refractivity (Wildman–Crippen MR) is 122 cm³/mol. The minimum atomic E-state index is -2.93. The van der Waals surface area contributed by atoms with Crippen LogP contribution < -0.4 is 5.32 Å². The Morgan fingerprint density at radius 3 is 2.97 bits per heavy atom. The van der Waals surface area contributed by atoms with Crippen LogP contribution in [0, 0.1) is 5.92 Å². The van der Waals surface area contributed by atoms with Crippen molar-refractivity contribution in [3.05, 3.63) is 47.3 Å². The number of carbonyl (C=O) groups is 1. The van der Waals surface area contributed by atoms with E-state index in [9.17, 15) is 18.7 Å². The first-order valence-corrected chi connectivity index (χ1v) is 11.7. The third-order valence-electron chi connectivity index (χ3n) is 6.90. The zero-order chi connectivity index (χ0) is 23.2. The second kappa shape index (κ2) is 8.56. The average Bonchev–Trinajstić information content (AvgIpc) is 3.15. The van der Waals surface area contributed by atoms with E-state index in [1.807, 2.05) is 34.9 Å². The number of aromatic nitrogens is 2. The standard InChI is InChI=1S/C25H29F2N3O3/c1-15-7-8-18-20(28-15)9-10-21-23(18)29-22(30(21)17-12-25(26,27)14-33-13-17)11-19(24(31)32)16-5-3-2-4-6-16/h3,5-6,9-10,15,17,19,28H,2,4,7-8,11-14H2,1H3,(H,31,32). The van der Waals surface area contributed by atoms with Crippen LogP contribution in [0.5, 0.6) is 0 Å². The van der Waals surface area contributed by atoms with E-state index >= 15 is 0 Å². The molecular weight excluding hydrogens is 428 g/mol. The maximum Gasteiger partial charge on any atom is 0.311 e. The second-order valence-corrected chi connectivity index (χ2v) is 9.45. The number of benzene rings is 1. The number of aliphatic carboxylic acids is 1. The zero-order valence-corrected chi connectivity index (χ0v) is 18.7. The van der Waals surface area contributed by atoms with Crippen LogP contribution in [0.15, 0.2) is 35.9 Å². The fourth-order valence-electron chi connectivity index (χ4n) is 5.30. The lowest BCUT2D eigenvalue weighted by Crippen LogP contribution is -2.37. The molecule has 1 fully saturated rings. The number of hydrogen-bond donors (Lipinski definition) is 2. The van der Waals surface area contributed by atoms with Gasteiger partial charge in [0.2, 0.25) is 0 Å². The van der Waals surface area contributed by atoms with E-state index in [1.165, 1.54) is 0 Å². The number of hydrogen-bond acceptors (Lipinski definition) is 4. The van der Waals surface area contributed by atoms with Gasteiger partial charge in [-0.25, -0.2) is 13.8 Å². The van der Waals surface area contributed by atoms with Gasteiger partial charge in [-0.3, -0.25) is 4.79 Å². The SMILES string of the molecule is CC1CCc2c(ccc3c2nc(CC(C(=O)O)C2=CCCC=C2)n3C2COCC(F)(F)C2)N1. The fraction of sp³-hybridized carbons (Fsp3) is 0.520. The van der Waals surface area contributed by atoms with Crippen molar-refractivity contribution in [3.63, 3.8) is 0 Å². The summed E-state index contributed by atoms with van der Waals surface area (Å²) >= 11 is 0. The van der Waals surface area contributed by atoms with Crippen molar-refractivity contribution in [1.82, 2.24) is 9.55 Å². The highest BCUT2D eigenvalue weighted by molar-refractivity contribution is 5.86. The smallest absolute Gasteiger partial charge is 0.311 e. The van der Waals surface area contributed by atoms with Crippen molar-refractivity contribution < 1.29 is 23.4 Å². The molecule has 3 heterocycles. The van der Waals surface area contributed by atoms with E-state index in [0.717, 1.165) is 53.5 Å². The number of allylic oxidation sites excluding steroid dienone is 3. The number of halogens is 2. The molecule has 3 aliphatic rings. The van der Waals surface area contributed by atoms with Crippen LogP contribution >= 0.6 is 0 Å². The lowest BCUT2D eigenvalue weighted by atomic mass is 9.91. The summed E-state index contributed by atoms with van der Waals surface area (Å²) in [5, 5.41) is 13.5. The van der Waals surface area contributed by atoms with Crippen molar-refractivity contribution in [1.29, 1.82) is 0 Å². The molecule has 2 N–H and O–H groups in total. The third kappa shape index (κ3) is 4.28. The van der Waals surface area contributed by atoms with Crippen molar-refractivity contribution in [2.45, 2.75) is 63.5 Å². The summed E-state index contributed by atoms with van der Waals surface area (Å²) in [5.41, 5.74) is 4.36. The van der Waals surface area contributed by atoms with Gasteiger partial charge >= 0.3 is 5.97 Å². The van der Waals surface area contributed by atoms with Crippen LogP contribution in [-0.4, -0.2) is 45.8 Å². The zero-order valence-electron chi connectivity index (χ0n) is 18.7. The van der Waals surface area contributed by atoms with E-state index in [0.29, 0.717) is 11.9 Å². The summed E-state index contributed by atoms with van der Waals surface area (Å²) in [6, 6.07) is 3.65. The van der Waals surface area contributed by atoms with Gasteiger partial charge in [-0.05, 0) is 50.3 Å². The molecule has 0 bridgehead atoms. The van der Waals surface area contributed by atoms with E-state index in [1.54, 1.807) is 0 Å². The van der Waals surface area contributed by atoms with E-state index < -0.39 is 30.5 Å². The highest BCUT2D eigenvalue weighted by Gasteiger charge is 2.40. The molecule has 0 amide bonds. The molecule has 1 aromatic carbocycles. The third-order valence-corrected chi connectivity index (χ3v) is 6.90. The van der Waals surface area contributed by atoms with Crippen LogP contribution in [0.4, 0.5) is 14.5 Å². The Labute approximate surface area is 191 Å². The van der Waals surface area contributed by atoms with E-state index in [-0.39, 0.29) is 19.4 Å². The normalized spacial score (nSPS) is 25.2. The average molecular weight is 458 g/mol. The number of carboxylic acid groups (broad SMARTS) is 1. The molecule has 8 heteroatoms. The van der Waals surface area contributed by atoms with Crippen molar-refractivity contribution in [2.75, 3.05) is 18.5 Å². The van der Waals surface area contributed by atoms with Gasteiger partial charge in [-0.2, -0.15) is 0 Å². The van der Waals surface area contributed by atoms with Gasteiger partial charge in [0.1, 0.15) is 12.4 Å². The van der Waals surface area contributed by atoms with Crippen LogP contribution in [0.3, 0.4) is 0 Å². The second-order valence-electron chi connectivity index (χ2n) is 9.45. The van der Waals surface area contributed by atoms with Gasteiger partial charge in [0.05, 0.1) is 29.6 Å². The van der Waals surface area contributed by atoms with E-state index in [4.69, 9.17) is 9.72 Å². The number of nitrogens with one attached hydrogen (secondary N) is 1. The Hall–Kier alpha value is -2.74. The largest absolute Gasteiger partial charge is 0.481 e. The Morgan fingerprint density at radius 1 is 1.39 bits per heavy atom. The first kappa shape index (κ1) is 22.1. The summed E-state index contributed by atoms with van der Waals surface area (Å²) < 4.78 is 35.7. The maximum absolute atomic E-state index is 14.3. The molecule has 1 saturated heterocycles. The lowest BCUT2D eigenvalue weighted by Gasteiger charge is -2.31. The maximum atomic E-state index is 14.3. The number of aryl methyl sites for hydroxylation is 1. The summed E-state index contributed by atoms with van der Waals surface area (Å²) in [6.07, 6.45) is 9.06. The Bertz CT molecular complexity index is 1140. The Morgan fingerprint density at radius 2 is 2.24 bits per heavy atom. The van der Waals surface area contributed by atoms with Gasteiger partial charge in [-0.1, -0.05) is 18.2 Å². The number of imidazole rings is 1. The molecule has 0 saturated carbocycles. The number of alkyl halides is 2. The van der Waals surface area contributed by atoms with Gasteiger partial charge in [0, 0.05) is 30.1 Å². The molecule has 1 aliphatic carbocycles. The molecular formula is C25H29F2N3O3. The molecule has 2 aromatic rings. The highest BCUT2D eigenvalue weighted by atomic mass is 19.3. The molecule has 6 nitrogen and oxygen atoms in total. The predicted octanol–water partition coefficient (Wildman–Crippen LogP) is 4.90. The van der Waals surface area contributed by atoms with Crippen LogP contribution in [0.2, 0.25) is 0 Å². The molecule has 0 spiro atoms. The minimum Gasteiger partial charge on any atom is -0.481 e. The summed E-state index contributed by atoms with van der Waals surface area (Å²) in [6.45, 7) is 1.69. The fourth-order valence-corrected chi connectivity index (χ4v) is 5.30. The molecule has 0 radical (unpaired) electrons. The van der Waals surface area contributed by atoms with Gasteiger partial charge in [-0.15, -0.1) is 0 Å². The number of rotatable bonds is 5. The minimum absolute atomic E-state index is 0.140. The highest BCUT2D eigenvalue weighted by Crippen LogP contribution is 2.38. The first-order valence-electron chi connectivity index (χ1n) is 11.7.